The lowest BCUT2D eigenvalue weighted by molar-refractivity contribution is -0.0158. The molecule has 2 N–H and O–H groups in total. The van der Waals surface area contributed by atoms with Gasteiger partial charge in [-0.3, -0.25) is 5.32 Å². The number of hydrogen-bond donors (Lipinski definition) is 2. The van der Waals surface area contributed by atoms with E-state index in [1.165, 1.54) is 24.8 Å². The fourth-order valence-corrected chi connectivity index (χ4v) is 3.99. The van der Waals surface area contributed by atoms with Crippen molar-refractivity contribution < 1.29 is 19.0 Å². The van der Waals surface area contributed by atoms with E-state index in [9.17, 15) is 4.79 Å². The van der Waals surface area contributed by atoms with Gasteiger partial charge in [0.05, 0.1) is 24.8 Å². The predicted octanol–water partition coefficient (Wildman–Crippen LogP) is 4.05. The Balaban J connectivity index is 1.76. The quantitative estimate of drug-likeness (QED) is 0.278. The van der Waals surface area contributed by atoms with E-state index in [4.69, 9.17) is 14.2 Å². The number of thiophene rings is 1. The topological polar surface area (TPSA) is 107 Å². The number of ether oxygens (including phenoxy) is 3. The summed E-state index contributed by atoms with van der Waals surface area (Å²) >= 11 is 1.28. The number of methoxy groups -OCH3 is 1. The third-order valence-corrected chi connectivity index (χ3v) is 5.65. The molecule has 10 heteroatoms. The van der Waals surface area contributed by atoms with Crippen LogP contribution in [0.15, 0.2) is 24.7 Å². The second-order valence-electron chi connectivity index (χ2n) is 8.21. The highest BCUT2D eigenvalue weighted by molar-refractivity contribution is 7.20. The Kier molecular flexibility index (Phi) is 7.60. The molecule has 172 valence electrons. The van der Waals surface area contributed by atoms with Gasteiger partial charge in [0, 0.05) is 12.7 Å². The van der Waals surface area contributed by atoms with Crippen molar-refractivity contribution in [1.29, 1.82) is 0 Å². The zero-order chi connectivity index (χ0) is 23.3. The van der Waals surface area contributed by atoms with Crippen LogP contribution < -0.4 is 15.4 Å². The number of fused-ring (bicyclic) bond motifs is 1. The lowest BCUT2D eigenvalue weighted by atomic mass is 10.2. The molecule has 0 radical (unpaired) electrons. The van der Waals surface area contributed by atoms with Crippen molar-refractivity contribution in [3.8, 4) is 5.88 Å². The molecule has 0 aromatic carbocycles. The van der Waals surface area contributed by atoms with Crippen LogP contribution in [0.4, 0.5) is 11.5 Å². The van der Waals surface area contributed by atoms with E-state index in [0.29, 0.717) is 40.4 Å². The minimum absolute atomic E-state index is 0.145. The van der Waals surface area contributed by atoms with Gasteiger partial charge < -0.3 is 19.5 Å². The van der Waals surface area contributed by atoms with Crippen molar-refractivity contribution in [3.05, 3.63) is 35.1 Å². The Hall–Kier alpha value is -2.82. The molecule has 1 atom stereocenters. The first kappa shape index (κ1) is 23.8. The Labute approximate surface area is 191 Å². The van der Waals surface area contributed by atoms with Gasteiger partial charge in [0.25, 0.3) is 0 Å². The molecular formula is C22H29N5O4S. The van der Waals surface area contributed by atoms with E-state index >= 15 is 0 Å². The van der Waals surface area contributed by atoms with Crippen LogP contribution in [0.2, 0.25) is 0 Å². The lowest BCUT2D eigenvalue weighted by Gasteiger charge is -2.21. The Bertz CT molecular complexity index is 1080. The van der Waals surface area contributed by atoms with Crippen LogP contribution in [-0.2, 0) is 9.47 Å². The van der Waals surface area contributed by atoms with Crippen molar-refractivity contribution in [2.24, 2.45) is 0 Å². The normalized spacial score (nSPS) is 12.6. The van der Waals surface area contributed by atoms with Crippen molar-refractivity contribution in [2.45, 2.75) is 46.3 Å². The number of anilines is 2. The van der Waals surface area contributed by atoms with Gasteiger partial charge in [0.15, 0.2) is 0 Å². The predicted molar refractivity (Wildman–Crippen MR) is 125 cm³/mol. The van der Waals surface area contributed by atoms with E-state index in [0.717, 1.165) is 10.9 Å². The number of rotatable bonds is 9. The summed E-state index contributed by atoms with van der Waals surface area (Å²) < 4.78 is 16.6. The van der Waals surface area contributed by atoms with Crippen LogP contribution in [0.5, 0.6) is 5.88 Å². The summed E-state index contributed by atoms with van der Waals surface area (Å²) in [6.45, 7) is 10.9. The van der Waals surface area contributed by atoms with E-state index in [-0.39, 0.29) is 11.7 Å². The van der Waals surface area contributed by atoms with Crippen molar-refractivity contribution in [2.75, 3.05) is 25.7 Å². The SMILES string of the molecule is COC(=O)c1sc2ncnc(Nc3cccnc3OC(C)CNCOC(C)(C)C)c2c1C. The minimum atomic E-state index is -0.390. The van der Waals surface area contributed by atoms with Crippen LogP contribution in [0.1, 0.15) is 42.9 Å². The highest BCUT2D eigenvalue weighted by Crippen LogP contribution is 2.36. The maximum absolute atomic E-state index is 12.1. The molecule has 0 aliphatic heterocycles. The number of nitrogens with one attached hydrogen (secondary N) is 2. The van der Waals surface area contributed by atoms with Gasteiger partial charge in [-0.2, -0.15) is 0 Å². The van der Waals surface area contributed by atoms with E-state index < -0.39 is 5.97 Å². The Morgan fingerprint density at radius 3 is 2.75 bits per heavy atom. The number of hydrogen-bond acceptors (Lipinski definition) is 10. The van der Waals surface area contributed by atoms with E-state index in [2.05, 4.69) is 25.6 Å². The van der Waals surface area contributed by atoms with Gasteiger partial charge in [0.1, 0.15) is 33.6 Å². The van der Waals surface area contributed by atoms with Crippen LogP contribution in [0.3, 0.4) is 0 Å². The third-order valence-electron chi connectivity index (χ3n) is 4.47. The Morgan fingerprint density at radius 1 is 1.25 bits per heavy atom. The van der Waals surface area contributed by atoms with Gasteiger partial charge in [-0.1, -0.05) is 0 Å². The summed E-state index contributed by atoms with van der Waals surface area (Å²) in [5, 5.41) is 7.28. The molecule has 0 saturated heterocycles. The summed E-state index contributed by atoms with van der Waals surface area (Å²) in [6.07, 6.45) is 2.98. The molecule has 0 aliphatic carbocycles. The summed E-state index contributed by atoms with van der Waals surface area (Å²) in [7, 11) is 1.36. The number of nitrogens with zero attached hydrogens (tertiary/aromatic N) is 3. The first-order chi connectivity index (χ1) is 15.2. The number of pyridine rings is 1. The van der Waals surface area contributed by atoms with Crippen molar-refractivity contribution in [3.63, 3.8) is 0 Å². The third kappa shape index (κ3) is 5.90. The smallest absolute Gasteiger partial charge is 0.348 e. The molecule has 3 heterocycles. The first-order valence-corrected chi connectivity index (χ1v) is 11.1. The molecule has 3 rings (SSSR count). The molecular weight excluding hydrogens is 430 g/mol. The van der Waals surface area contributed by atoms with Crippen molar-refractivity contribution >= 4 is 39.0 Å². The zero-order valence-electron chi connectivity index (χ0n) is 19.2. The molecule has 0 aliphatic rings. The number of carbonyl (C=O) groups excluding carboxylic acids is 1. The average Bonchev–Trinajstić information content (AvgIpc) is 3.09. The summed E-state index contributed by atoms with van der Waals surface area (Å²) in [5.74, 6) is 0.631. The fourth-order valence-electron chi connectivity index (χ4n) is 2.92. The number of aromatic nitrogens is 3. The summed E-state index contributed by atoms with van der Waals surface area (Å²) in [5.41, 5.74) is 1.23. The molecule has 1 unspecified atom stereocenters. The zero-order valence-corrected chi connectivity index (χ0v) is 20.0. The lowest BCUT2D eigenvalue weighted by Crippen LogP contribution is -2.34. The monoisotopic (exact) mass is 459 g/mol. The maximum atomic E-state index is 12.1. The second kappa shape index (κ2) is 10.2. The van der Waals surface area contributed by atoms with Crippen molar-refractivity contribution in [1.82, 2.24) is 20.3 Å². The van der Waals surface area contributed by atoms with Crippen LogP contribution in [-0.4, -0.2) is 53.0 Å². The highest BCUT2D eigenvalue weighted by Gasteiger charge is 2.21. The molecule has 0 fully saturated rings. The van der Waals surface area contributed by atoms with Gasteiger partial charge in [-0.25, -0.2) is 19.7 Å². The van der Waals surface area contributed by atoms with Gasteiger partial charge >= 0.3 is 5.97 Å². The molecule has 9 nitrogen and oxygen atoms in total. The molecule has 0 bridgehead atoms. The maximum Gasteiger partial charge on any atom is 0.348 e. The second-order valence-corrected chi connectivity index (χ2v) is 9.21. The van der Waals surface area contributed by atoms with Crippen LogP contribution in [0.25, 0.3) is 10.2 Å². The molecule has 3 aromatic heterocycles. The number of esters is 1. The van der Waals surface area contributed by atoms with Gasteiger partial charge in [-0.15, -0.1) is 11.3 Å². The molecule has 32 heavy (non-hydrogen) atoms. The van der Waals surface area contributed by atoms with Crippen LogP contribution in [0, 0.1) is 6.92 Å². The molecule has 3 aromatic rings. The van der Waals surface area contributed by atoms with Gasteiger partial charge in [-0.05, 0) is 52.3 Å². The molecule has 0 amide bonds. The number of carbonyl (C=O) groups is 1. The van der Waals surface area contributed by atoms with Crippen LogP contribution >= 0.6 is 11.3 Å². The number of aryl methyl sites for hydroxylation is 1. The van der Waals surface area contributed by atoms with E-state index in [1.54, 1.807) is 6.20 Å². The summed E-state index contributed by atoms with van der Waals surface area (Å²) in [6, 6.07) is 3.68. The van der Waals surface area contributed by atoms with Gasteiger partial charge in [0.2, 0.25) is 5.88 Å². The largest absolute Gasteiger partial charge is 0.472 e. The molecule has 0 saturated carbocycles. The fraction of sp³-hybridized carbons (Fsp3) is 0.455. The van der Waals surface area contributed by atoms with E-state index in [1.807, 2.05) is 46.8 Å². The summed E-state index contributed by atoms with van der Waals surface area (Å²) in [4.78, 5) is 26.4. The molecule has 0 spiro atoms. The average molecular weight is 460 g/mol. The Morgan fingerprint density at radius 2 is 2.03 bits per heavy atom. The standard InChI is InChI=1S/C22H29N5O4S/c1-13(10-23-12-30-22(3,4)5)31-19-15(8-7-9-24-19)27-18-16-14(2)17(21(28)29-6)32-20(16)26-11-25-18/h7-9,11,13,23H,10,12H2,1-6H3,(H,25,26,27). The first-order valence-electron chi connectivity index (χ1n) is 10.3. The minimum Gasteiger partial charge on any atom is -0.472 e. The highest BCUT2D eigenvalue weighted by atomic mass is 32.1.